The van der Waals surface area contributed by atoms with Crippen molar-refractivity contribution in [1.82, 2.24) is 25.5 Å². The minimum absolute atomic E-state index is 0.0469. The number of halogens is 3. The van der Waals surface area contributed by atoms with E-state index in [2.05, 4.69) is 30.2 Å². The van der Waals surface area contributed by atoms with Crippen molar-refractivity contribution in [2.45, 2.75) is 12.9 Å². The summed E-state index contributed by atoms with van der Waals surface area (Å²) in [6, 6.07) is 10.7. The molecule has 1 amide bonds. The number of fused-ring (bicyclic) bond motifs is 1. The third kappa shape index (κ3) is 4.21. The van der Waals surface area contributed by atoms with E-state index in [0.29, 0.717) is 28.2 Å². The number of benzene rings is 1. The van der Waals surface area contributed by atoms with Crippen LogP contribution in [-0.2, 0) is 6.54 Å². The third-order valence-corrected chi connectivity index (χ3v) is 4.13. The van der Waals surface area contributed by atoms with Crippen molar-refractivity contribution in [2.75, 3.05) is 0 Å². The number of nitrogens with zero attached hydrogens (tertiary/aromatic N) is 2. The fraction of sp³-hybridized carbons (Fsp3) is 0.105. The highest BCUT2D eigenvalue weighted by atomic mass is 19.4. The first-order valence-corrected chi connectivity index (χ1v) is 8.50. The molecule has 7 nitrogen and oxygen atoms in total. The number of carbonyl (C=O) groups excluding carboxylic acids is 1. The van der Waals surface area contributed by atoms with Crippen LogP contribution in [0.5, 0.6) is 5.75 Å². The van der Waals surface area contributed by atoms with E-state index in [0.717, 1.165) is 5.39 Å². The smallest absolute Gasteiger partial charge is 0.406 e. The van der Waals surface area contributed by atoms with Crippen LogP contribution in [0, 0.1) is 0 Å². The second-order valence-corrected chi connectivity index (χ2v) is 6.15. The molecule has 0 saturated carbocycles. The van der Waals surface area contributed by atoms with Gasteiger partial charge in [0, 0.05) is 24.3 Å². The topological polar surface area (TPSA) is 95.7 Å². The zero-order valence-electron chi connectivity index (χ0n) is 14.7. The fourth-order valence-electron chi connectivity index (χ4n) is 2.86. The van der Waals surface area contributed by atoms with Crippen LogP contribution in [0.15, 0.2) is 54.9 Å². The van der Waals surface area contributed by atoms with Gasteiger partial charge in [-0.1, -0.05) is 12.1 Å². The number of ether oxygens (including phenoxy) is 1. The number of hydrogen-bond donors (Lipinski definition) is 3. The third-order valence-electron chi connectivity index (χ3n) is 4.13. The normalized spacial score (nSPS) is 11.6. The monoisotopic (exact) mass is 401 g/mol. The number of aromatic nitrogens is 4. The Labute approximate surface area is 161 Å². The number of carbonyl (C=O) groups is 1. The van der Waals surface area contributed by atoms with Gasteiger partial charge in [-0.15, -0.1) is 13.2 Å². The molecule has 0 radical (unpaired) electrons. The van der Waals surface area contributed by atoms with Crippen LogP contribution in [0.1, 0.15) is 15.9 Å². The van der Waals surface area contributed by atoms with E-state index in [-0.39, 0.29) is 18.2 Å². The Morgan fingerprint density at radius 3 is 2.86 bits per heavy atom. The van der Waals surface area contributed by atoms with E-state index in [9.17, 15) is 18.0 Å². The van der Waals surface area contributed by atoms with Gasteiger partial charge in [0.05, 0.1) is 17.0 Å². The van der Waals surface area contributed by atoms with Crippen LogP contribution in [0.25, 0.3) is 22.4 Å². The number of nitrogens with one attached hydrogen (secondary N) is 3. The quantitative estimate of drug-likeness (QED) is 0.474. The lowest BCUT2D eigenvalue weighted by molar-refractivity contribution is -0.274. The van der Waals surface area contributed by atoms with Crippen molar-refractivity contribution in [3.05, 3.63) is 66.0 Å². The lowest BCUT2D eigenvalue weighted by atomic mass is 10.2. The van der Waals surface area contributed by atoms with Crippen molar-refractivity contribution >= 4 is 16.9 Å². The summed E-state index contributed by atoms with van der Waals surface area (Å²) in [6.07, 6.45) is -1.60. The van der Waals surface area contributed by atoms with Gasteiger partial charge >= 0.3 is 6.36 Å². The van der Waals surface area contributed by atoms with Crippen molar-refractivity contribution in [3.63, 3.8) is 0 Å². The zero-order valence-corrected chi connectivity index (χ0v) is 14.7. The average Bonchev–Trinajstić information content (AvgIpc) is 3.32. The molecule has 0 spiro atoms. The summed E-state index contributed by atoms with van der Waals surface area (Å²) in [5.74, 6) is -0.718. The van der Waals surface area contributed by atoms with Crippen molar-refractivity contribution < 1.29 is 22.7 Å². The first-order valence-electron chi connectivity index (χ1n) is 8.50. The number of aromatic amines is 2. The van der Waals surface area contributed by atoms with Crippen molar-refractivity contribution in [1.29, 1.82) is 0 Å². The maximum absolute atomic E-state index is 12.4. The molecule has 0 bridgehead atoms. The van der Waals surface area contributed by atoms with Crippen molar-refractivity contribution in [3.8, 4) is 17.1 Å². The van der Waals surface area contributed by atoms with E-state index >= 15 is 0 Å². The van der Waals surface area contributed by atoms with E-state index in [1.807, 2.05) is 6.07 Å². The number of amides is 1. The first-order chi connectivity index (χ1) is 13.9. The SMILES string of the molecule is O=C(NCc1cccc(OC(F)(F)F)c1)c1c[nH]c(-c2[nH]nc3ncccc23)c1. The Morgan fingerprint density at radius 1 is 1.17 bits per heavy atom. The summed E-state index contributed by atoms with van der Waals surface area (Å²) in [6.45, 7) is 0.0469. The van der Waals surface area contributed by atoms with Crippen LogP contribution >= 0.6 is 0 Å². The predicted octanol–water partition coefficient (Wildman–Crippen LogP) is 3.78. The minimum atomic E-state index is -4.77. The van der Waals surface area contributed by atoms with E-state index in [4.69, 9.17) is 0 Å². The highest BCUT2D eigenvalue weighted by Crippen LogP contribution is 2.25. The highest BCUT2D eigenvalue weighted by molar-refractivity contribution is 5.97. The van der Waals surface area contributed by atoms with Gasteiger partial charge in [0.2, 0.25) is 0 Å². The molecule has 0 fully saturated rings. The Kier molecular flexibility index (Phi) is 4.67. The first kappa shape index (κ1) is 18.5. The molecule has 0 aliphatic carbocycles. The number of rotatable bonds is 5. The standard InChI is InChI=1S/C19H14F3N5O2/c20-19(21,22)29-13-4-1-3-11(7-13)9-25-18(28)12-8-15(24-10-12)16-14-5-2-6-23-17(14)27-26-16/h1-8,10,24H,9H2,(H,25,28)(H,23,26,27). The molecule has 3 N–H and O–H groups in total. The molecular weight excluding hydrogens is 387 g/mol. The van der Waals surface area contributed by atoms with Gasteiger partial charge < -0.3 is 15.0 Å². The Bertz CT molecular complexity index is 1170. The van der Waals surface area contributed by atoms with Gasteiger partial charge in [0.15, 0.2) is 5.65 Å². The van der Waals surface area contributed by atoms with Crippen LogP contribution in [-0.4, -0.2) is 32.4 Å². The molecule has 0 unspecified atom stereocenters. The van der Waals surface area contributed by atoms with Gasteiger partial charge in [-0.25, -0.2) is 4.98 Å². The van der Waals surface area contributed by atoms with Gasteiger partial charge in [-0.2, -0.15) is 5.10 Å². The van der Waals surface area contributed by atoms with Crippen LogP contribution in [0.4, 0.5) is 13.2 Å². The summed E-state index contributed by atoms with van der Waals surface area (Å²) >= 11 is 0. The summed E-state index contributed by atoms with van der Waals surface area (Å²) in [5, 5.41) is 10.5. The number of hydrogen-bond acceptors (Lipinski definition) is 4. The van der Waals surface area contributed by atoms with Crippen LogP contribution < -0.4 is 10.1 Å². The molecule has 3 aromatic heterocycles. The molecule has 148 valence electrons. The largest absolute Gasteiger partial charge is 0.573 e. The molecule has 1 aromatic carbocycles. The fourth-order valence-corrected chi connectivity index (χ4v) is 2.86. The van der Waals surface area contributed by atoms with E-state index < -0.39 is 6.36 Å². The molecular formula is C19H14F3N5O2. The van der Waals surface area contributed by atoms with Crippen LogP contribution in [0.3, 0.4) is 0 Å². The van der Waals surface area contributed by atoms with Gasteiger partial charge in [-0.05, 0) is 35.9 Å². The summed E-state index contributed by atoms with van der Waals surface area (Å²) in [4.78, 5) is 19.6. The summed E-state index contributed by atoms with van der Waals surface area (Å²) in [7, 11) is 0. The van der Waals surface area contributed by atoms with Gasteiger partial charge in [0.1, 0.15) is 5.75 Å². The molecule has 0 aliphatic rings. The van der Waals surface area contributed by atoms with E-state index in [1.165, 1.54) is 24.4 Å². The maximum atomic E-state index is 12.4. The lowest BCUT2D eigenvalue weighted by Gasteiger charge is -2.10. The molecule has 29 heavy (non-hydrogen) atoms. The second-order valence-electron chi connectivity index (χ2n) is 6.15. The second kappa shape index (κ2) is 7.30. The van der Waals surface area contributed by atoms with Crippen molar-refractivity contribution in [2.24, 2.45) is 0 Å². The van der Waals surface area contributed by atoms with Crippen LogP contribution in [0.2, 0.25) is 0 Å². The molecule has 4 rings (SSSR count). The number of pyridine rings is 1. The molecule has 3 heterocycles. The predicted molar refractivity (Wildman–Crippen MR) is 98.0 cm³/mol. The molecule has 4 aromatic rings. The highest BCUT2D eigenvalue weighted by Gasteiger charge is 2.31. The minimum Gasteiger partial charge on any atom is -0.406 e. The number of H-pyrrole nitrogens is 2. The lowest BCUT2D eigenvalue weighted by Crippen LogP contribution is -2.22. The summed E-state index contributed by atoms with van der Waals surface area (Å²) < 4.78 is 40.8. The molecule has 0 atom stereocenters. The Morgan fingerprint density at radius 2 is 2.03 bits per heavy atom. The summed E-state index contributed by atoms with van der Waals surface area (Å²) in [5.41, 5.74) is 2.76. The van der Waals surface area contributed by atoms with Gasteiger partial charge in [0.25, 0.3) is 5.91 Å². The molecule has 10 heteroatoms. The van der Waals surface area contributed by atoms with E-state index in [1.54, 1.807) is 24.4 Å². The molecule has 0 saturated heterocycles. The molecule has 0 aliphatic heterocycles. The zero-order chi connectivity index (χ0) is 20.4. The Hall–Kier alpha value is -3.82. The Balaban J connectivity index is 1.44. The number of alkyl halides is 3. The van der Waals surface area contributed by atoms with Gasteiger partial charge in [-0.3, -0.25) is 9.89 Å². The maximum Gasteiger partial charge on any atom is 0.573 e. The average molecular weight is 401 g/mol.